The average molecular weight is 1040 g/mol. The van der Waals surface area contributed by atoms with Gasteiger partial charge in [-0.2, -0.15) is 0 Å². The van der Waals surface area contributed by atoms with Crippen molar-refractivity contribution in [3.8, 4) is 0 Å². The van der Waals surface area contributed by atoms with Crippen LogP contribution in [0.2, 0.25) is 0 Å². The molecule has 0 bridgehead atoms. The molecule has 0 radical (unpaired) electrons. The number of nitrogens with one attached hydrogen (secondary N) is 1. The number of amides is 8. The standard InChI is InChI=1S/C21H26N2O5.C21H26N2O4.C16H18N2O3/c1-13(11-23-18(25)15-7-5-6-8-16(15)19(23)26)14-9-10-22(12-17(14)24)20(27)28-21(2,3)4;1-14(13-23-18(24)16-7-5-6-8-17(16)19(23)25)15-9-11-22(12-10-15)20(26)27-21(2,3)4;1-10(11-6-7-17-8-14(11)19)9-18-15(20)12-4-2-3-5-13(12)16(18)21/h5-8,17,24H,9-12H2,1-4H3;5-8H,9-13H2,1-4H3;2-5,14,17,19H,6-9H2,1H3/b14-13-;;11-10-. The van der Waals surface area contributed by atoms with E-state index < -0.39 is 29.5 Å². The second kappa shape index (κ2) is 23.3. The summed E-state index contributed by atoms with van der Waals surface area (Å²) in [5, 5.41) is 23.7. The quantitative estimate of drug-likeness (QED) is 0.165. The summed E-state index contributed by atoms with van der Waals surface area (Å²) in [4.78, 5) is 106. The van der Waals surface area contributed by atoms with E-state index in [0.717, 1.165) is 53.7 Å². The second-order valence-electron chi connectivity index (χ2n) is 21.9. The predicted octanol–water partition coefficient (Wildman–Crippen LogP) is 7.18. The molecule has 404 valence electrons. The largest absolute Gasteiger partial charge is 0.444 e. The number of aliphatic hydroxyl groups excluding tert-OH is 2. The normalized spacial score (nSPS) is 20.8. The molecule has 0 aliphatic carbocycles. The summed E-state index contributed by atoms with van der Waals surface area (Å²) >= 11 is 0. The number of carbonyl (C=O) groups excluding carboxylic acids is 8. The highest BCUT2D eigenvalue weighted by molar-refractivity contribution is 6.23. The van der Waals surface area contributed by atoms with Gasteiger partial charge in [0.15, 0.2) is 0 Å². The topological polar surface area (TPSA) is 224 Å². The lowest BCUT2D eigenvalue weighted by molar-refractivity contribution is 0.0122. The second-order valence-corrected chi connectivity index (χ2v) is 21.9. The van der Waals surface area contributed by atoms with Crippen molar-refractivity contribution in [3.63, 3.8) is 0 Å². The minimum absolute atomic E-state index is 0.129. The molecule has 6 heterocycles. The molecule has 76 heavy (non-hydrogen) atoms. The summed E-state index contributed by atoms with van der Waals surface area (Å²) in [5.41, 5.74) is 7.17. The van der Waals surface area contributed by atoms with E-state index >= 15 is 0 Å². The molecular weight excluding hydrogens is 973 g/mol. The first-order chi connectivity index (χ1) is 35.8. The highest BCUT2D eigenvalue weighted by Crippen LogP contribution is 2.30. The minimum Gasteiger partial charge on any atom is -0.444 e. The Morgan fingerprint density at radius 2 is 0.829 bits per heavy atom. The number of piperidine rings is 3. The van der Waals surface area contributed by atoms with Gasteiger partial charge in [0.05, 0.1) is 71.8 Å². The summed E-state index contributed by atoms with van der Waals surface area (Å²) in [5.74, 6) is -1.61. The Hall–Kier alpha value is -7.28. The predicted molar refractivity (Wildman–Crippen MR) is 282 cm³/mol. The number of likely N-dealkylation sites (tertiary alicyclic amines) is 2. The van der Waals surface area contributed by atoms with E-state index in [-0.39, 0.29) is 61.2 Å². The van der Waals surface area contributed by atoms with Crippen LogP contribution in [-0.2, 0) is 9.47 Å². The Morgan fingerprint density at radius 1 is 0.500 bits per heavy atom. The number of fused-ring (bicyclic) bond motifs is 3. The van der Waals surface area contributed by atoms with Crippen LogP contribution >= 0.6 is 0 Å². The molecule has 3 N–H and O–H groups in total. The highest BCUT2D eigenvalue weighted by Gasteiger charge is 2.39. The number of rotatable bonds is 6. The number of aliphatic hydroxyl groups is 2. The third-order valence-electron chi connectivity index (χ3n) is 13.9. The monoisotopic (exact) mass is 1040 g/mol. The minimum atomic E-state index is -0.851. The third kappa shape index (κ3) is 12.9. The maximum absolute atomic E-state index is 12.5. The molecule has 3 fully saturated rings. The zero-order chi connectivity index (χ0) is 55.4. The smallest absolute Gasteiger partial charge is 0.410 e. The van der Waals surface area contributed by atoms with Gasteiger partial charge in [-0.15, -0.1) is 0 Å². The van der Waals surface area contributed by atoms with Gasteiger partial charge in [0.25, 0.3) is 35.4 Å². The van der Waals surface area contributed by atoms with E-state index in [1.54, 1.807) is 98.5 Å². The molecule has 9 rings (SSSR count). The first-order valence-corrected chi connectivity index (χ1v) is 25.8. The number of hydrogen-bond acceptors (Lipinski definition) is 13. The van der Waals surface area contributed by atoms with Crippen molar-refractivity contribution in [3.05, 3.63) is 140 Å². The Bertz CT molecular complexity index is 2810. The van der Waals surface area contributed by atoms with Crippen LogP contribution in [0, 0.1) is 0 Å². The van der Waals surface area contributed by atoms with E-state index in [4.69, 9.17) is 9.47 Å². The van der Waals surface area contributed by atoms with Crippen molar-refractivity contribution in [1.82, 2.24) is 29.8 Å². The van der Waals surface area contributed by atoms with Gasteiger partial charge < -0.3 is 34.8 Å². The maximum atomic E-state index is 12.5. The summed E-state index contributed by atoms with van der Waals surface area (Å²) in [7, 11) is 0. The molecule has 3 saturated heterocycles. The number of imide groups is 3. The zero-order valence-electron chi connectivity index (χ0n) is 45.0. The van der Waals surface area contributed by atoms with E-state index in [9.17, 15) is 48.6 Å². The fourth-order valence-electron chi connectivity index (χ4n) is 9.96. The fraction of sp³-hybridized carbons (Fsp3) is 0.448. The SMILES string of the molecule is C/C(CN1C(=O)c2ccccc2C1=O)=C1\CCN(C(=O)OC(C)(C)C)CC1O.C/C(CN1C(=O)c2ccccc2C1=O)=C1\CCNCC1O.CC(CN1C(=O)c2ccccc2C1=O)=C1CCN(C(=O)OC(C)(C)C)CC1. The zero-order valence-corrected chi connectivity index (χ0v) is 45.0. The van der Waals surface area contributed by atoms with Crippen molar-refractivity contribution in [1.29, 1.82) is 0 Å². The van der Waals surface area contributed by atoms with E-state index in [1.165, 1.54) is 25.2 Å². The van der Waals surface area contributed by atoms with E-state index in [1.807, 2.05) is 41.5 Å². The van der Waals surface area contributed by atoms with E-state index in [0.29, 0.717) is 72.5 Å². The molecule has 18 heteroatoms. The van der Waals surface area contributed by atoms with Gasteiger partial charge in [-0.25, -0.2) is 9.59 Å². The summed E-state index contributed by atoms with van der Waals surface area (Å²) in [6, 6.07) is 20.5. The molecule has 3 aromatic rings. The van der Waals surface area contributed by atoms with Crippen molar-refractivity contribution >= 4 is 47.6 Å². The Balaban J connectivity index is 0.000000168. The molecule has 6 aliphatic rings. The summed E-state index contributed by atoms with van der Waals surface area (Å²) < 4.78 is 10.8. The van der Waals surface area contributed by atoms with Crippen molar-refractivity contribution in [2.45, 2.75) is 111 Å². The summed E-state index contributed by atoms with van der Waals surface area (Å²) in [6.45, 7) is 20.3. The van der Waals surface area contributed by atoms with Crippen LogP contribution in [0.4, 0.5) is 9.59 Å². The molecule has 8 amide bonds. The van der Waals surface area contributed by atoms with Gasteiger partial charge in [0, 0.05) is 26.2 Å². The van der Waals surface area contributed by atoms with Crippen LogP contribution < -0.4 is 5.32 Å². The van der Waals surface area contributed by atoms with Crippen LogP contribution in [0.3, 0.4) is 0 Å². The van der Waals surface area contributed by atoms with Gasteiger partial charge in [-0.05, 0) is 142 Å². The Morgan fingerprint density at radius 3 is 1.17 bits per heavy atom. The third-order valence-corrected chi connectivity index (χ3v) is 13.9. The lowest BCUT2D eigenvalue weighted by atomic mass is 9.96. The number of carbonyl (C=O) groups is 8. The van der Waals surface area contributed by atoms with Crippen LogP contribution in [-0.4, -0.2) is 165 Å². The molecule has 0 spiro atoms. The Kier molecular flexibility index (Phi) is 17.3. The molecule has 6 aliphatic heterocycles. The van der Waals surface area contributed by atoms with E-state index in [2.05, 4.69) is 5.32 Å². The van der Waals surface area contributed by atoms with Crippen LogP contribution in [0.25, 0.3) is 0 Å². The fourth-order valence-corrected chi connectivity index (χ4v) is 9.96. The van der Waals surface area contributed by atoms with Crippen molar-refractivity contribution < 1.29 is 58.0 Å². The molecule has 2 unspecified atom stereocenters. The molecule has 0 aromatic heterocycles. The number of hydrogen-bond donors (Lipinski definition) is 3. The number of benzene rings is 3. The Labute approximate surface area is 444 Å². The number of ether oxygens (including phenoxy) is 2. The maximum Gasteiger partial charge on any atom is 0.410 e. The number of nitrogens with zero attached hydrogens (tertiary/aromatic N) is 5. The van der Waals surface area contributed by atoms with Gasteiger partial charge >= 0.3 is 12.2 Å². The summed E-state index contributed by atoms with van der Waals surface area (Å²) in [6.07, 6.45) is 0.544. The van der Waals surface area contributed by atoms with Crippen LogP contribution in [0.15, 0.2) is 106 Å². The van der Waals surface area contributed by atoms with Gasteiger partial charge in [0.1, 0.15) is 11.2 Å². The molecular formula is C58H70N6O12. The highest BCUT2D eigenvalue weighted by atomic mass is 16.6. The first-order valence-electron chi connectivity index (χ1n) is 25.8. The van der Waals surface area contributed by atoms with Crippen LogP contribution in [0.5, 0.6) is 0 Å². The van der Waals surface area contributed by atoms with Gasteiger partial charge in [0.2, 0.25) is 0 Å². The van der Waals surface area contributed by atoms with Gasteiger partial charge in [-0.1, -0.05) is 58.7 Å². The van der Waals surface area contributed by atoms with Gasteiger partial charge in [-0.3, -0.25) is 43.5 Å². The van der Waals surface area contributed by atoms with Crippen molar-refractivity contribution in [2.75, 3.05) is 58.9 Å². The number of β-amino-alcohol motifs (C(OH)–C–C–N with tert-alkyl or cyclic N) is 2. The molecule has 2 atom stereocenters. The lowest BCUT2D eigenvalue weighted by Crippen LogP contribution is -2.46. The molecule has 0 saturated carbocycles. The molecule has 3 aromatic carbocycles. The molecule has 18 nitrogen and oxygen atoms in total. The first kappa shape index (κ1) is 56.4. The van der Waals surface area contributed by atoms with Crippen molar-refractivity contribution in [2.24, 2.45) is 0 Å². The average Bonchev–Trinajstić information content (AvgIpc) is 3.89. The van der Waals surface area contributed by atoms with Crippen LogP contribution in [0.1, 0.15) is 150 Å². The lowest BCUT2D eigenvalue weighted by Gasteiger charge is -2.34.